The highest BCUT2D eigenvalue weighted by Crippen LogP contribution is 2.46. The predicted octanol–water partition coefficient (Wildman–Crippen LogP) is 4.16. The van der Waals surface area contributed by atoms with E-state index in [0.717, 1.165) is 5.56 Å². The summed E-state index contributed by atoms with van der Waals surface area (Å²) < 4.78 is -1.16. The second-order valence-corrected chi connectivity index (χ2v) is 6.31. The van der Waals surface area contributed by atoms with Crippen molar-refractivity contribution in [1.29, 1.82) is 0 Å². The summed E-state index contributed by atoms with van der Waals surface area (Å²) in [7, 11) is 0. The van der Waals surface area contributed by atoms with Crippen molar-refractivity contribution in [3.05, 3.63) is 51.7 Å². The number of hydrogen-bond donors (Lipinski definition) is 2. The molecule has 0 heterocycles. The number of hydrogen-bond acceptors (Lipinski definition) is 2. The summed E-state index contributed by atoms with van der Waals surface area (Å²) in [6.45, 7) is 0. The van der Waals surface area contributed by atoms with Crippen molar-refractivity contribution in [2.45, 2.75) is 10.3 Å². The van der Waals surface area contributed by atoms with Crippen molar-refractivity contribution in [2.75, 3.05) is 5.73 Å². The van der Waals surface area contributed by atoms with Gasteiger partial charge in [0, 0.05) is 11.6 Å². The SMILES string of the molecule is NC1=CC(Cl)(Cl)C(c2ccc(N)c(Cl)c2)C=C1Cl. The molecule has 0 bridgehead atoms. The molecular formula is C12H10Cl4N2. The summed E-state index contributed by atoms with van der Waals surface area (Å²) in [6, 6.07) is 5.23. The van der Waals surface area contributed by atoms with Gasteiger partial charge in [-0.1, -0.05) is 58.5 Å². The minimum atomic E-state index is -1.16. The Morgan fingerprint density at radius 1 is 1.11 bits per heavy atom. The lowest BCUT2D eigenvalue weighted by molar-refractivity contribution is 0.790. The lowest BCUT2D eigenvalue weighted by atomic mass is 9.90. The molecule has 0 aromatic heterocycles. The fourth-order valence-electron chi connectivity index (χ4n) is 1.77. The summed E-state index contributed by atoms with van der Waals surface area (Å²) >= 11 is 24.5. The first-order valence-corrected chi connectivity index (χ1v) is 6.61. The molecule has 0 spiro atoms. The van der Waals surface area contributed by atoms with Crippen LogP contribution in [0, 0.1) is 0 Å². The van der Waals surface area contributed by atoms with Crippen molar-refractivity contribution < 1.29 is 0 Å². The van der Waals surface area contributed by atoms with Crippen LogP contribution in [0.1, 0.15) is 11.5 Å². The smallest absolute Gasteiger partial charge is 0.148 e. The third kappa shape index (κ3) is 2.57. The fraction of sp³-hybridized carbons (Fsp3) is 0.167. The van der Waals surface area contributed by atoms with E-state index in [1.54, 1.807) is 24.3 Å². The molecule has 6 heteroatoms. The van der Waals surface area contributed by atoms with E-state index in [1.165, 1.54) is 6.08 Å². The Labute approximate surface area is 125 Å². The van der Waals surface area contributed by atoms with Crippen molar-refractivity contribution in [3.63, 3.8) is 0 Å². The molecule has 1 aromatic rings. The third-order valence-corrected chi connectivity index (χ3v) is 4.09. The van der Waals surface area contributed by atoms with Gasteiger partial charge in [0.25, 0.3) is 0 Å². The maximum Gasteiger partial charge on any atom is 0.148 e. The summed E-state index contributed by atoms with van der Waals surface area (Å²) in [4.78, 5) is 0. The Hall–Kier alpha value is -0.540. The van der Waals surface area contributed by atoms with Crippen LogP contribution in [0.2, 0.25) is 5.02 Å². The highest BCUT2D eigenvalue weighted by atomic mass is 35.5. The van der Waals surface area contributed by atoms with Crippen LogP contribution in [0.25, 0.3) is 0 Å². The normalized spacial score (nSPS) is 22.3. The van der Waals surface area contributed by atoms with Crippen molar-refractivity contribution in [3.8, 4) is 0 Å². The van der Waals surface area contributed by atoms with Gasteiger partial charge in [-0.2, -0.15) is 0 Å². The van der Waals surface area contributed by atoms with Gasteiger partial charge in [0.05, 0.1) is 15.7 Å². The van der Waals surface area contributed by atoms with Crippen LogP contribution < -0.4 is 11.5 Å². The van der Waals surface area contributed by atoms with Gasteiger partial charge in [-0.15, -0.1) is 0 Å². The Morgan fingerprint density at radius 2 is 1.78 bits per heavy atom. The topological polar surface area (TPSA) is 52.0 Å². The standard InChI is InChI=1S/C12H10Cl4N2/c13-8-3-6(1-2-10(8)17)7-4-9(14)11(18)5-12(7,15)16/h1-5,7H,17-18H2. The maximum atomic E-state index is 6.26. The van der Waals surface area contributed by atoms with Crippen LogP contribution in [0.5, 0.6) is 0 Å². The second kappa shape index (κ2) is 4.86. The Morgan fingerprint density at radius 3 is 2.39 bits per heavy atom. The average Bonchev–Trinajstić information content (AvgIpc) is 2.27. The largest absolute Gasteiger partial charge is 0.398 e. The number of nitrogens with two attached hydrogens (primary N) is 2. The summed E-state index contributed by atoms with van der Waals surface area (Å²) in [5.41, 5.74) is 13.0. The zero-order chi connectivity index (χ0) is 13.5. The van der Waals surface area contributed by atoms with Gasteiger partial charge in [0.15, 0.2) is 0 Å². The van der Waals surface area contributed by atoms with Crippen LogP contribution in [0.3, 0.4) is 0 Å². The number of anilines is 1. The summed E-state index contributed by atoms with van der Waals surface area (Å²) in [5.74, 6) is -0.335. The minimum Gasteiger partial charge on any atom is -0.398 e. The van der Waals surface area contributed by atoms with Gasteiger partial charge in [0.1, 0.15) is 4.33 Å². The van der Waals surface area contributed by atoms with Crippen LogP contribution in [-0.4, -0.2) is 4.33 Å². The van der Waals surface area contributed by atoms with E-state index in [4.69, 9.17) is 57.9 Å². The molecule has 0 saturated heterocycles. The van der Waals surface area contributed by atoms with Gasteiger partial charge in [0.2, 0.25) is 0 Å². The fourth-order valence-corrected chi connectivity index (χ4v) is 2.76. The van der Waals surface area contributed by atoms with Crippen molar-refractivity contribution >= 4 is 52.1 Å². The molecule has 1 unspecified atom stereocenters. The zero-order valence-electron chi connectivity index (χ0n) is 9.13. The lowest BCUT2D eigenvalue weighted by Crippen LogP contribution is -2.25. The van der Waals surface area contributed by atoms with Crippen LogP contribution in [0.4, 0.5) is 5.69 Å². The highest BCUT2D eigenvalue weighted by molar-refractivity contribution is 6.51. The van der Waals surface area contributed by atoms with Crippen LogP contribution in [-0.2, 0) is 0 Å². The number of benzene rings is 1. The first-order chi connectivity index (χ1) is 8.31. The van der Waals surface area contributed by atoms with E-state index in [1.807, 2.05) is 0 Å². The summed E-state index contributed by atoms with van der Waals surface area (Å²) in [5, 5.41) is 0.869. The van der Waals surface area contributed by atoms with E-state index in [2.05, 4.69) is 0 Å². The van der Waals surface area contributed by atoms with Crippen molar-refractivity contribution in [2.24, 2.45) is 5.73 Å². The molecule has 18 heavy (non-hydrogen) atoms. The molecule has 96 valence electrons. The number of alkyl halides is 2. The van der Waals surface area contributed by atoms with E-state index < -0.39 is 4.33 Å². The lowest BCUT2D eigenvalue weighted by Gasteiger charge is -2.29. The first kappa shape index (κ1) is 13.9. The van der Waals surface area contributed by atoms with Crippen LogP contribution in [0.15, 0.2) is 41.1 Å². The molecule has 0 fully saturated rings. The minimum absolute atomic E-state index is 0.335. The Kier molecular flexibility index (Phi) is 3.75. The molecule has 2 nitrogen and oxygen atoms in total. The van der Waals surface area contributed by atoms with Gasteiger partial charge in [-0.25, -0.2) is 0 Å². The van der Waals surface area contributed by atoms with Gasteiger partial charge >= 0.3 is 0 Å². The number of rotatable bonds is 1. The molecule has 0 saturated carbocycles. The molecule has 1 atom stereocenters. The molecule has 1 aliphatic rings. The molecule has 2 rings (SSSR count). The number of allylic oxidation sites excluding steroid dienone is 3. The zero-order valence-corrected chi connectivity index (χ0v) is 12.2. The monoisotopic (exact) mass is 322 g/mol. The maximum absolute atomic E-state index is 6.26. The van der Waals surface area contributed by atoms with E-state index in [9.17, 15) is 0 Å². The van der Waals surface area contributed by atoms with E-state index >= 15 is 0 Å². The Bertz CT molecular complexity index is 549. The number of nitrogen functional groups attached to an aromatic ring is 1. The van der Waals surface area contributed by atoms with Crippen LogP contribution >= 0.6 is 46.4 Å². The second-order valence-electron chi connectivity index (χ2n) is 4.05. The van der Waals surface area contributed by atoms with E-state index in [0.29, 0.717) is 21.4 Å². The predicted molar refractivity (Wildman–Crippen MR) is 79.2 cm³/mol. The first-order valence-electron chi connectivity index (χ1n) is 5.10. The van der Waals surface area contributed by atoms with Gasteiger partial charge in [-0.3, -0.25) is 0 Å². The van der Waals surface area contributed by atoms with Gasteiger partial charge in [-0.05, 0) is 23.8 Å². The quantitative estimate of drug-likeness (QED) is 0.602. The summed E-state index contributed by atoms with van der Waals surface area (Å²) in [6.07, 6.45) is 3.23. The molecular weight excluding hydrogens is 314 g/mol. The highest BCUT2D eigenvalue weighted by Gasteiger charge is 2.36. The van der Waals surface area contributed by atoms with Crippen molar-refractivity contribution in [1.82, 2.24) is 0 Å². The Balaban J connectivity index is 2.47. The molecule has 0 amide bonds. The average molecular weight is 324 g/mol. The molecule has 1 aromatic carbocycles. The number of halogens is 4. The molecule has 1 aliphatic carbocycles. The third-order valence-electron chi connectivity index (χ3n) is 2.73. The molecule has 0 aliphatic heterocycles. The molecule has 4 N–H and O–H groups in total. The van der Waals surface area contributed by atoms with Gasteiger partial charge < -0.3 is 11.5 Å². The molecule has 0 radical (unpaired) electrons. The van der Waals surface area contributed by atoms with E-state index in [-0.39, 0.29) is 5.92 Å².